The van der Waals surface area contributed by atoms with E-state index in [-0.39, 0.29) is 18.7 Å². The van der Waals surface area contributed by atoms with Gasteiger partial charge in [-0.05, 0) is 23.6 Å². The van der Waals surface area contributed by atoms with E-state index < -0.39 is 6.10 Å². The second-order valence-electron chi connectivity index (χ2n) is 5.20. The van der Waals surface area contributed by atoms with E-state index in [9.17, 15) is 9.90 Å². The molecular formula is C16H17N3O4. The molecule has 0 aliphatic rings. The first-order chi connectivity index (χ1) is 11.1. The lowest BCUT2D eigenvalue weighted by Crippen LogP contribution is -2.21. The number of fused-ring (bicyclic) bond motifs is 1. The first-order valence-electron chi connectivity index (χ1n) is 7.14. The van der Waals surface area contributed by atoms with Crippen LogP contribution in [0.15, 0.2) is 41.5 Å². The van der Waals surface area contributed by atoms with Gasteiger partial charge in [0, 0.05) is 18.5 Å². The number of nitrogens with zero attached hydrogens (tertiary/aromatic N) is 2. The SMILES string of the molecule is COc1ccc2cc(-c3nccn3CC(O)CO)c(=O)[nH]c2c1. The number of benzene rings is 1. The molecule has 3 aromatic rings. The summed E-state index contributed by atoms with van der Waals surface area (Å²) in [5, 5.41) is 19.4. The number of rotatable bonds is 5. The number of methoxy groups -OCH3 is 1. The third kappa shape index (κ3) is 2.96. The molecule has 0 spiro atoms. The molecule has 1 unspecified atom stereocenters. The monoisotopic (exact) mass is 315 g/mol. The number of hydrogen-bond donors (Lipinski definition) is 3. The van der Waals surface area contributed by atoms with Gasteiger partial charge < -0.3 is 24.5 Å². The maximum Gasteiger partial charge on any atom is 0.259 e. The summed E-state index contributed by atoms with van der Waals surface area (Å²) in [7, 11) is 1.57. The number of aliphatic hydroxyl groups is 2. The summed E-state index contributed by atoms with van der Waals surface area (Å²) in [6, 6.07) is 7.16. The Balaban J connectivity index is 2.09. The highest BCUT2D eigenvalue weighted by Crippen LogP contribution is 2.22. The second-order valence-corrected chi connectivity index (χ2v) is 5.20. The van der Waals surface area contributed by atoms with Crippen molar-refractivity contribution in [2.45, 2.75) is 12.6 Å². The fraction of sp³-hybridized carbons (Fsp3) is 0.250. The molecule has 2 aromatic heterocycles. The first kappa shape index (κ1) is 15.3. The maximum absolute atomic E-state index is 12.4. The summed E-state index contributed by atoms with van der Waals surface area (Å²) in [5.74, 6) is 1.10. The van der Waals surface area contributed by atoms with Gasteiger partial charge in [-0.15, -0.1) is 0 Å². The molecule has 0 aliphatic heterocycles. The fourth-order valence-corrected chi connectivity index (χ4v) is 2.46. The number of aromatic nitrogens is 3. The quantitative estimate of drug-likeness (QED) is 0.645. The van der Waals surface area contributed by atoms with Crippen molar-refractivity contribution in [3.05, 3.63) is 47.0 Å². The zero-order valence-electron chi connectivity index (χ0n) is 12.6. The molecule has 0 radical (unpaired) electrons. The van der Waals surface area contributed by atoms with Gasteiger partial charge in [-0.25, -0.2) is 4.98 Å². The Hall–Kier alpha value is -2.64. The number of aliphatic hydroxyl groups excluding tert-OH is 2. The van der Waals surface area contributed by atoms with Crippen molar-refractivity contribution in [3.63, 3.8) is 0 Å². The smallest absolute Gasteiger partial charge is 0.259 e. The predicted molar refractivity (Wildman–Crippen MR) is 85.4 cm³/mol. The van der Waals surface area contributed by atoms with Crippen LogP contribution >= 0.6 is 0 Å². The van der Waals surface area contributed by atoms with E-state index in [4.69, 9.17) is 9.84 Å². The third-order valence-electron chi connectivity index (χ3n) is 3.63. The van der Waals surface area contributed by atoms with Crippen molar-refractivity contribution in [2.24, 2.45) is 0 Å². The highest BCUT2D eigenvalue weighted by Gasteiger charge is 2.14. The number of aromatic amines is 1. The summed E-state index contributed by atoms with van der Waals surface area (Å²) in [6.45, 7) is -0.197. The molecule has 1 aromatic carbocycles. The lowest BCUT2D eigenvalue weighted by Gasteiger charge is -2.11. The zero-order chi connectivity index (χ0) is 16.4. The molecule has 0 aliphatic carbocycles. The van der Waals surface area contributed by atoms with Gasteiger partial charge in [0.1, 0.15) is 11.6 Å². The van der Waals surface area contributed by atoms with Gasteiger partial charge in [-0.3, -0.25) is 4.79 Å². The van der Waals surface area contributed by atoms with Crippen LogP contribution in [0.4, 0.5) is 0 Å². The molecule has 0 bridgehead atoms. The minimum Gasteiger partial charge on any atom is -0.497 e. The molecule has 1 atom stereocenters. The molecule has 0 saturated carbocycles. The lowest BCUT2D eigenvalue weighted by atomic mass is 10.1. The predicted octanol–water partition coefficient (Wildman–Crippen LogP) is 0.753. The van der Waals surface area contributed by atoms with E-state index in [1.54, 1.807) is 36.2 Å². The Kier molecular flexibility index (Phi) is 4.14. The standard InChI is InChI=1S/C16H17N3O4/c1-23-12-3-2-10-6-13(16(22)18-14(10)7-12)15-17-4-5-19(15)8-11(21)9-20/h2-7,11,20-21H,8-9H2,1H3,(H,18,22). The second kappa shape index (κ2) is 6.23. The summed E-state index contributed by atoms with van der Waals surface area (Å²) >= 11 is 0. The average Bonchev–Trinajstić information content (AvgIpc) is 3.01. The molecule has 0 amide bonds. The molecule has 0 fully saturated rings. The van der Waals surface area contributed by atoms with Crippen LogP contribution in [0.5, 0.6) is 5.75 Å². The summed E-state index contributed by atoms with van der Waals surface area (Å²) in [4.78, 5) is 19.4. The number of ether oxygens (including phenoxy) is 1. The fourth-order valence-electron chi connectivity index (χ4n) is 2.46. The number of pyridine rings is 1. The number of hydrogen-bond acceptors (Lipinski definition) is 5. The van der Waals surface area contributed by atoms with Crippen molar-refractivity contribution in [1.82, 2.24) is 14.5 Å². The number of H-pyrrole nitrogens is 1. The highest BCUT2D eigenvalue weighted by molar-refractivity contribution is 5.83. The van der Waals surface area contributed by atoms with E-state index in [1.807, 2.05) is 12.1 Å². The summed E-state index contributed by atoms with van der Waals surface area (Å²) < 4.78 is 6.79. The van der Waals surface area contributed by atoms with Crippen LogP contribution < -0.4 is 10.3 Å². The highest BCUT2D eigenvalue weighted by atomic mass is 16.5. The Morgan fingerprint density at radius 3 is 2.96 bits per heavy atom. The van der Waals surface area contributed by atoms with E-state index in [2.05, 4.69) is 9.97 Å². The topological polar surface area (TPSA) is 100 Å². The first-order valence-corrected chi connectivity index (χ1v) is 7.14. The van der Waals surface area contributed by atoms with Crippen LogP contribution in [0.3, 0.4) is 0 Å². The lowest BCUT2D eigenvalue weighted by molar-refractivity contribution is 0.0815. The van der Waals surface area contributed by atoms with E-state index >= 15 is 0 Å². The van der Waals surface area contributed by atoms with Gasteiger partial charge >= 0.3 is 0 Å². The van der Waals surface area contributed by atoms with Gasteiger partial charge in [0.2, 0.25) is 0 Å². The molecule has 7 heteroatoms. The average molecular weight is 315 g/mol. The molecular weight excluding hydrogens is 298 g/mol. The van der Waals surface area contributed by atoms with Gasteiger partial charge in [0.25, 0.3) is 5.56 Å². The van der Waals surface area contributed by atoms with Crippen LogP contribution in [-0.4, -0.2) is 44.6 Å². The minimum atomic E-state index is -0.910. The van der Waals surface area contributed by atoms with Crippen molar-refractivity contribution in [1.29, 1.82) is 0 Å². The third-order valence-corrected chi connectivity index (χ3v) is 3.63. The molecule has 120 valence electrons. The van der Waals surface area contributed by atoms with Crippen LogP contribution in [0.2, 0.25) is 0 Å². The summed E-state index contributed by atoms with van der Waals surface area (Å²) in [5.41, 5.74) is 0.793. The number of imidazole rings is 1. The van der Waals surface area contributed by atoms with Crippen molar-refractivity contribution >= 4 is 10.9 Å². The zero-order valence-corrected chi connectivity index (χ0v) is 12.6. The van der Waals surface area contributed by atoms with Crippen LogP contribution in [-0.2, 0) is 6.54 Å². The Bertz CT molecular complexity index is 884. The van der Waals surface area contributed by atoms with Gasteiger partial charge in [-0.2, -0.15) is 0 Å². The molecule has 3 N–H and O–H groups in total. The minimum absolute atomic E-state index is 0.159. The van der Waals surface area contributed by atoms with Crippen LogP contribution in [0.1, 0.15) is 0 Å². The van der Waals surface area contributed by atoms with Crippen LogP contribution in [0.25, 0.3) is 22.3 Å². The van der Waals surface area contributed by atoms with Gasteiger partial charge in [0.15, 0.2) is 0 Å². The Morgan fingerprint density at radius 1 is 1.39 bits per heavy atom. The Morgan fingerprint density at radius 2 is 2.22 bits per heavy atom. The van der Waals surface area contributed by atoms with Gasteiger partial charge in [0.05, 0.1) is 37.4 Å². The molecule has 7 nitrogen and oxygen atoms in total. The molecule has 2 heterocycles. The molecule has 3 rings (SSSR count). The van der Waals surface area contributed by atoms with E-state index in [0.717, 1.165) is 5.39 Å². The van der Waals surface area contributed by atoms with Crippen molar-refractivity contribution < 1.29 is 14.9 Å². The van der Waals surface area contributed by atoms with E-state index in [0.29, 0.717) is 22.7 Å². The van der Waals surface area contributed by atoms with Crippen LogP contribution in [0, 0.1) is 0 Å². The van der Waals surface area contributed by atoms with Crippen molar-refractivity contribution in [2.75, 3.05) is 13.7 Å². The van der Waals surface area contributed by atoms with Crippen molar-refractivity contribution in [3.8, 4) is 17.1 Å². The maximum atomic E-state index is 12.4. The summed E-state index contributed by atoms with van der Waals surface area (Å²) in [6.07, 6.45) is 2.30. The van der Waals surface area contributed by atoms with E-state index in [1.165, 1.54) is 0 Å². The molecule has 23 heavy (non-hydrogen) atoms. The Labute approximate surface area is 131 Å². The molecule has 0 saturated heterocycles. The van der Waals surface area contributed by atoms with Gasteiger partial charge in [-0.1, -0.05) is 0 Å². The number of nitrogens with one attached hydrogen (secondary N) is 1. The largest absolute Gasteiger partial charge is 0.497 e. The normalized spacial score (nSPS) is 12.5.